The van der Waals surface area contributed by atoms with E-state index in [2.05, 4.69) is 12.2 Å². The zero-order chi connectivity index (χ0) is 6.69. The Morgan fingerprint density at radius 1 is 1.67 bits per heavy atom. The van der Waals surface area contributed by atoms with Crippen molar-refractivity contribution in [3.05, 3.63) is 12.2 Å². The fourth-order valence-electron chi connectivity index (χ4n) is 0.757. The number of aliphatic hydroxyl groups is 1. The van der Waals surface area contributed by atoms with Crippen molar-refractivity contribution in [2.75, 3.05) is 0 Å². The third kappa shape index (κ3) is 3.31. The quantitative estimate of drug-likeness (QED) is 0.571. The summed E-state index contributed by atoms with van der Waals surface area (Å²) in [6.45, 7) is 1.82. The molecule has 0 aromatic carbocycles. The largest absolute Gasteiger partial charge is 0.393 e. The summed E-state index contributed by atoms with van der Waals surface area (Å²) in [6, 6.07) is 0. The summed E-state index contributed by atoms with van der Waals surface area (Å²) < 4.78 is 0. The van der Waals surface area contributed by atoms with E-state index in [-0.39, 0.29) is 6.10 Å². The molecule has 1 N–H and O–H groups in total. The van der Waals surface area contributed by atoms with Crippen LogP contribution in [0.5, 0.6) is 0 Å². The van der Waals surface area contributed by atoms with Crippen LogP contribution in [0.15, 0.2) is 12.2 Å². The number of rotatable bonds is 3. The summed E-state index contributed by atoms with van der Waals surface area (Å²) in [7, 11) is 0. The Morgan fingerprint density at radius 3 is 2.78 bits per heavy atom. The maximum absolute atomic E-state index is 8.83. The monoisotopic (exact) mass is 126 g/mol. The topological polar surface area (TPSA) is 20.2 Å². The molecule has 1 nitrogen and oxygen atoms in total. The van der Waals surface area contributed by atoms with Crippen molar-refractivity contribution in [3.8, 4) is 0 Å². The van der Waals surface area contributed by atoms with Gasteiger partial charge in [-0.15, -0.1) is 0 Å². The van der Waals surface area contributed by atoms with Crippen LogP contribution < -0.4 is 0 Å². The highest BCUT2D eigenvalue weighted by Crippen LogP contribution is 2.30. The zero-order valence-corrected chi connectivity index (χ0v) is 5.88. The van der Waals surface area contributed by atoms with Crippen LogP contribution in [0, 0.1) is 5.92 Å². The summed E-state index contributed by atoms with van der Waals surface area (Å²) in [5.74, 6) is 0.851. The van der Waals surface area contributed by atoms with Crippen LogP contribution in [0.25, 0.3) is 0 Å². The highest BCUT2D eigenvalue weighted by atomic mass is 16.3. The Balaban J connectivity index is 2.01. The average Bonchev–Trinajstić information content (AvgIpc) is 2.48. The third-order valence-electron chi connectivity index (χ3n) is 1.51. The van der Waals surface area contributed by atoms with Gasteiger partial charge in [0.15, 0.2) is 0 Å². The second-order valence-electron chi connectivity index (χ2n) is 2.85. The number of hydrogen-bond acceptors (Lipinski definition) is 1. The molecule has 1 aliphatic rings. The van der Waals surface area contributed by atoms with E-state index in [9.17, 15) is 0 Å². The van der Waals surface area contributed by atoms with Gasteiger partial charge in [0.25, 0.3) is 0 Å². The fraction of sp³-hybridized carbons (Fsp3) is 0.750. The van der Waals surface area contributed by atoms with E-state index in [1.54, 1.807) is 0 Å². The maximum atomic E-state index is 8.83. The van der Waals surface area contributed by atoms with Crippen LogP contribution >= 0.6 is 0 Å². The highest BCUT2D eigenvalue weighted by Gasteiger charge is 2.16. The van der Waals surface area contributed by atoms with Gasteiger partial charge in [0.05, 0.1) is 6.10 Å². The first-order valence-corrected chi connectivity index (χ1v) is 3.64. The van der Waals surface area contributed by atoms with E-state index < -0.39 is 0 Å². The molecule has 0 saturated heterocycles. The Labute approximate surface area is 56.4 Å². The first kappa shape index (κ1) is 6.81. The average molecular weight is 126 g/mol. The standard InChI is InChI=1S/C8H14O/c1-7(9)3-2-4-8-5-6-8/h2,4,7-9H,3,5-6H2,1H3. The fourth-order valence-corrected chi connectivity index (χ4v) is 0.757. The molecular formula is C8H14O. The van der Waals surface area contributed by atoms with Crippen molar-refractivity contribution >= 4 is 0 Å². The molecule has 1 atom stereocenters. The van der Waals surface area contributed by atoms with Crippen molar-refractivity contribution in [1.29, 1.82) is 0 Å². The number of aliphatic hydroxyl groups excluding tert-OH is 1. The maximum Gasteiger partial charge on any atom is 0.0546 e. The normalized spacial score (nSPS) is 22.9. The summed E-state index contributed by atoms with van der Waals surface area (Å²) >= 11 is 0. The molecule has 0 heterocycles. The highest BCUT2D eigenvalue weighted by molar-refractivity contribution is 4.96. The van der Waals surface area contributed by atoms with Crippen molar-refractivity contribution in [3.63, 3.8) is 0 Å². The van der Waals surface area contributed by atoms with Crippen molar-refractivity contribution in [1.82, 2.24) is 0 Å². The minimum Gasteiger partial charge on any atom is -0.393 e. The third-order valence-corrected chi connectivity index (χ3v) is 1.51. The van der Waals surface area contributed by atoms with Gasteiger partial charge < -0.3 is 5.11 Å². The summed E-state index contributed by atoms with van der Waals surface area (Å²) in [4.78, 5) is 0. The molecule has 0 amide bonds. The molecule has 0 bridgehead atoms. The molecule has 1 heteroatoms. The van der Waals surface area contributed by atoms with Crippen LogP contribution in [0.3, 0.4) is 0 Å². The van der Waals surface area contributed by atoms with Gasteiger partial charge in [-0.1, -0.05) is 12.2 Å². The molecule has 52 valence electrons. The molecule has 0 aromatic rings. The molecule has 0 radical (unpaired) electrons. The lowest BCUT2D eigenvalue weighted by Crippen LogP contribution is -1.95. The smallest absolute Gasteiger partial charge is 0.0546 e. The lowest BCUT2D eigenvalue weighted by molar-refractivity contribution is 0.198. The predicted molar refractivity (Wildman–Crippen MR) is 38.2 cm³/mol. The first-order chi connectivity index (χ1) is 4.29. The van der Waals surface area contributed by atoms with Crippen molar-refractivity contribution < 1.29 is 5.11 Å². The molecule has 0 spiro atoms. The van der Waals surface area contributed by atoms with E-state index in [0.717, 1.165) is 12.3 Å². The molecule has 1 unspecified atom stereocenters. The zero-order valence-electron chi connectivity index (χ0n) is 5.88. The molecule has 1 aliphatic carbocycles. The SMILES string of the molecule is CC(O)CC=CC1CC1. The Kier molecular flexibility index (Phi) is 2.29. The van der Waals surface area contributed by atoms with Gasteiger partial charge in [0.1, 0.15) is 0 Å². The second kappa shape index (κ2) is 3.02. The van der Waals surface area contributed by atoms with Crippen LogP contribution in [0.2, 0.25) is 0 Å². The van der Waals surface area contributed by atoms with Gasteiger partial charge in [0, 0.05) is 0 Å². The van der Waals surface area contributed by atoms with E-state index in [4.69, 9.17) is 5.11 Å². The number of allylic oxidation sites excluding steroid dienone is 1. The molecule has 9 heavy (non-hydrogen) atoms. The minimum atomic E-state index is -0.167. The summed E-state index contributed by atoms with van der Waals surface area (Å²) in [5, 5.41) is 8.83. The lowest BCUT2D eigenvalue weighted by Gasteiger charge is -1.94. The predicted octanol–water partition coefficient (Wildman–Crippen LogP) is 1.72. The van der Waals surface area contributed by atoms with Crippen LogP contribution in [-0.4, -0.2) is 11.2 Å². The molecular weight excluding hydrogens is 112 g/mol. The van der Waals surface area contributed by atoms with Crippen LogP contribution in [0.1, 0.15) is 26.2 Å². The molecule has 1 saturated carbocycles. The molecule has 0 aromatic heterocycles. The van der Waals surface area contributed by atoms with E-state index in [1.165, 1.54) is 12.8 Å². The second-order valence-corrected chi connectivity index (χ2v) is 2.85. The van der Waals surface area contributed by atoms with E-state index >= 15 is 0 Å². The van der Waals surface area contributed by atoms with Gasteiger partial charge in [-0.25, -0.2) is 0 Å². The molecule has 1 rings (SSSR count). The van der Waals surface area contributed by atoms with Crippen LogP contribution in [-0.2, 0) is 0 Å². The van der Waals surface area contributed by atoms with Crippen molar-refractivity contribution in [2.45, 2.75) is 32.3 Å². The Morgan fingerprint density at radius 2 is 2.33 bits per heavy atom. The minimum absolute atomic E-state index is 0.167. The molecule has 1 fully saturated rings. The van der Waals surface area contributed by atoms with E-state index in [1.807, 2.05) is 6.92 Å². The van der Waals surface area contributed by atoms with Gasteiger partial charge >= 0.3 is 0 Å². The van der Waals surface area contributed by atoms with Gasteiger partial charge in [-0.05, 0) is 32.1 Å². The van der Waals surface area contributed by atoms with Gasteiger partial charge in [-0.3, -0.25) is 0 Å². The molecule has 0 aliphatic heterocycles. The van der Waals surface area contributed by atoms with Gasteiger partial charge in [0.2, 0.25) is 0 Å². The van der Waals surface area contributed by atoms with Crippen LogP contribution in [0.4, 0.5) is 0 Å². The summed E-state index contributed by atoms with van der Waals surface area (Å²) in [6.07, 6.45) is 7.66. The lowest BCUT2D eigenvalue weighted by atomic mass is 10.2. The summed E-state index contributed by atoms with van der Waals surface area (Å²) in [5.41, 5.74) is 0. The Hall–Kier alpha value is -0.300. The number of hydrogen-bond donors (Lipinski definition) is 1. The van der Waals surface area contributed by atoms with Gasteiger partial charge in [-0.2, -0.15) is 0 Å². The van der Waals surface area contributed by atoms with Crippen molar-refractivity contribution in [2.24, 2.45) is 5.92 Å². The first-order valence-electron chi connectivity index (χ1n) is 3.64. The Bertz CT molecular complexity index is 101. The van der Waals surface area contributed by atoms with E-state index in [0.29, 0.717) is 0 Å².